The number of hydroxylamine groups is 2. The molecule has 2 fully saturated rings. The molecule has 0 saturated carbocycles. The normalized spacial score (nSPS) is 22.8. The molecule has 4 rings (SSSR count). The Kier molecular flexibility index (Phi) is 6.90. The standard InChI is InChI=1S/C24H27N3O3/c28-18-23-17-27(29)24(15-25-23)22-9-7-20(8-10-22)2-1-19-3-5-21(6-4-19)16-26-11-13-30-14-12-26/h3-10,18,23-25,29H,11-17H2. The predicted molar refractivity (Wildman–Crippen MR) is 114 cm³/mol. The van der Waals surface area contributed by atoms with Crippen LogP contribution in [0.15, 0.2) is 48.5 Å². The molecule has 0 bridgehead atoms. The summed E-state index contributed by atoms with van der Waals surface area (Å²) < 4.78 is 5.40. The molecule has 2 aliphatic rings. The van der Waals surface area contributed by atoms with Gasteiger partial charge in [-0.25, -0.2) is 0 Å². The molecule has 6 heteroatoms. The molecule has 6 nitrogen and oxygen atoms in total. The molecule has 2 atom stereocenters. The molecule has 2 N–H and O–H groups in total. The summed E-state index contributed by atoms with van der Waals surface area (Å²) in [6, 6.07) is 15.8. The van der Waals surface area contributed by atoms with Crippen molar-refractivity contribution in [2.75, 3.05) is 39.4 Å². The van der Waals surface area contributed by atoms with Crippen LogP contribution in [0.2, 0.25) is 0 Å². The molecular formula is C24H27N3O3. The highest BCUT2D eigenvalue weighted by Gasteiger charge is 2.27. The molecule has 156 valence electrons. The van der Waals surface area contributed by atoms with Gasteiger partial charge in [-0.1, -0.05) is 36.1 Å². The minimum atomic E-state index is -0.323. The molecular weight excluding hydrogens is 378 g/mol. The number of piperazine rings is 1. The molecule has 0 aromatic heterocycles. The first kappa shape index (κ1) is 20.7. The van der Waals surface area contributed by atoms with Gasteiger partial charge in [-0.05, 0) is 35.4 Å². The number of rotatable bonds is 4. The van der Waals surface area contributed by atoms with Crippen LogP contribution in [0.1, 0.15) is 28.3 Å². The van der Waals surface area contributed by atoms with E-state index in [0.29, 0.717) is 6.54 Å². The third kappa shape index (κ3) is 5.33. The first-order valence-corrected chi connectivity index (χ1v) is 10.4. The highest BCUT2D eigenvalue weighted by atomic mass is 16.5. The minimum Gasteiger partial charge on any atom is -0.379 e. The Morgan fingerprint density at radius 3 is 2.27 bits per heavy atom. The number of hydrogen-bond donors (Lipinski definition) is 2. The fourth-order valence-electron chi connectivity index (χ4n) is 3.79. The number of benzene rings is 2. The summed E-state index contributed by atoms with van der Waals surface area (Å²) in [5.74, 6) is 6.42. The Morgan fingerprint density at radius 1 is 1.03 bits per heavy atom. The molecule has 2 aromatic rings. The van der Waals surface area contributed by atoms with E-state index < -0.39 is 0 Å². The van der Waals surface area contributed by atoms with Crippen LogP contribution in [0.5, 0.6) is 0 Å². The zero-order valence-electron chi connectivity index (χ0n) is 17.0. The van der Waals surface area contributed by atoms with Crippen molar-refractivity contribution in [3.63, 3.8) is 0 Å². The Hall–Kier alpha value is -2.53. The summed E-state index contributed by atoms with van der Waals surface area (Å²) in [6.45, 7) is 5.37. The van der Waals surface area contributed by atoms with Gasteiger partial charge in [0.05, 0.1) is 25.3 Å². The zero-order chi connectivity index (χ0) is 20.8. The third-order valence-corrected chi connectivity index (χ3v) is 5.59. The average molecular weight is 405 g/mol. The van der Waals surface area contributed by atoms with Gasteiger partial charge in [0, 0.05) is 43.9 Å². The molecule has 2 heterocycles. The highest BCUT2D eigenvalue weighted by Crippen LogP contribution is 2.22. The molecule has 0 spiro atoms. The first-order chi connectivity index (χ1) is 14.7. The molecule has 0 radical (unpaired) electrons. The summed E-state index contributed by atoms with van der Waals surface area (Å²) in [5, 5.41) is 14.5. The lowest BCUT2D eigenvalue weighted by molar-refractivity contribution is -0.151. The smallest absolute Gasteiger partial charge is 0.138 e. The fourth-order valence-corrected chi connectivity index (χ4v) is 3.79. The van der Waals surface area contributed by atoms with Gasteiger partial charge >= 0.3 is 0 Å². The second kappa shape index (κ2) is 9.98. The number of ether oxygens (including phenoxy) is 1. The zero-order valence-corrected chi connectivity index (χ0v) is 17.0. The summed E-state index contributed by atoms with van der Waals surface area (Å²) in [6.07, 6.45) is 0.827. The van der Waals surface area contributed by atoms with E-state index in [1.165, 1.54) is 10.6 Å². The van der Waals surface area contributed by atoms with Gasteiger partial charge in [-0.15, -0.1) is 0 Å². The van der Waals surface area contributed by atoms with Crippen LogP contribution >= 0.6 is 0 Å². The predicted octanol–water partition coefficient (Wildman–Crippen LogP) is 1.82. The first-order valence-electron chi connectivity index (χ1n) is 10.4. The quantitative estimate of drug-likeness (QED) is 0.598. The van der Waals surface area contributed by atoms with Crippen LogP contribution in [-0.4, -0.2) is 66.9 Å². The van der Waals surface area contributed by atoms with E-state index in [9.17, 15) is 10.0 Å². The maximum atomic E-state index is 10.9. The second-order valence-electron chi connectivity index (χ2n) is 7.75. The van der Waals surface area contributed by atoms with E-state index >= 15 is 0 Å². The van der Waals surface area contributed by atoms with Crippen molar-refractivity contribution >= 4 is 6.29 Å². The average Bonchev–Trinajstić information content (AvgIpc) is 2.80. The van der Waals surface area contributed by atoms with Crippen molar-refractivity contribution in [2.45, 2.75) is 18.6 Å². The summed E-state index contributed by atoms with van der Waals surface area (Å²) in [7, 11) is 0. The van der Waals surface area contributed by atoms with Gasteiger partial charge in [-0.3, -0.25) is 4.90 Å². The summed E-state index contributed by atoms with van der Waals surface area (Å²) in [4.78, 5) is 13.3. The van der Waals surface area contributed by atoms with Crippen molar-refractivity contribution in [3.8, 4) is 11.8 Å². The molecule has 2 saturated heterocycles. The van der Waals surface area contributed by atoms with Gasteiger partial charge in [0.25, 0.3) is 0 Å². The van der Waals surface area contributed by atoms with Crippen molar-refractivity contribution in [1.29, 1.82) is 0 Å². The SMILES string of the molecule is O=CC1CN(O)C(c2ccc(C#Cc3ccc(CN4CCOCC4)cc3)cc2)CN1. The van der Waals surface area contributed by atoms with E-state index in [0.717, 1.165) is 55.8 Å². The van der Waals surface area contributed by atoms with Crippen molar-refractivity contribution < 1.29 is 14.7 Å². The van der Waals surface area contributed by atoms with E-state index in [4.69, 9.17) is 4.74 Å². The van der Waals surface area contributed by atoms with Crippen LogP contribution in [0, 0.1) is 11.8 Å². The van der Waals surface area contributed by atoms with Crippen LogP contribution in [0.25, 0.3) is 0 Å². The summed E-state index contributed by atoms with van der Waals surface area (Å²) >= 11 is 0. The van der Waals surface area contributed by atoms with Crippen LogP contribution in [-0.2, 0) is 16.1 Å². The van der Waals surface area contributed by atoms with Crippen molar-refractivity contribution in [2.24, 2.45) is 0 Å². The summed E-state index contributed by atoms with van der Waals surface area (Å²) in [5.41, 5.74) is 4.20. The number of hydrogen-bond acceptors (Lipinski definition) is 6. The monoisotopic (exact) mass is 405 g/mol. The number of carbonyl (C=O) groups excluding carboxylic acids is 1. The van der Waals surface area contributed by atoms with E-state index in [-0.39, 0.29) is 18.6 Å². The lowest BCUT2D eigenvalue weighted by atomic mass is 10.0. The van der Waals surface area contributed by atoms with Crippen molar-refractivity contribution in [3.05, 3.63) is 70.8 Å². The Labute approximate surface area is 177 Å². The van der Waals surface area contributed by atoms with Gasteiger partial charge in [0.1, 0.15) is 6.29 Å². The van der Waals surface area contributed by atoms with Crippen LogP contribution in [0.3, 0.4) is 0 Å². The number of carbonyl (C=O) groups is 1. The van der Waals surface area contributed by atoms with Gasteiger partial charge in [0.2, 0.25) is 0 Å². The number of morpholine rings is 1. The number of aldehydes is 1. The molecule has 2 unspecified atom stereocenters. The minimum absolute atomic E-state index is 0.165. The van der Waals surface area contributed by atoms with Crippen LogP contribution in [0.4, 0.5) is 0 Å². The van der Waals surface area contributed by atoms with Crippen molar-refractivity contribution in [1.82, 2.24) is 15.3 Å². The lowest BCUT2D eigenvalue weighted by Gasteiger charge is -2.34. The number of nitrogens with one attached hydrogen (secondary N) is 1. The molecule has 0 amide bonds. The second-order valence-corrected chi connectivity index (χ2v) is 7.75. The topological polar surface area (TPSA) is 65.0 Å². The molecule has 0 aliphatic carbocycles. The highest BCUT2D eigenvalue weighted by molar-refractivity contribution is 5.58. The Balaban J connectivity index is 1.35. The fraction of sp³-hybridized carbons (Fsp3) is 0.375. The van der Waals surface area contributed by atoms with E-state index in [1.54, 1.807) is 0 Å². The molecule has 2 aliphatic heterocycles. The van der Waals surface area contributed by atoms with Gasteiger partial charge in [-0.2, -0.15) is 5.06 Å². The molecule has 2 aromatic carbocycles. The van der Waals surface area contributed by atoms with E-state index in [2.05, 4.69) is 46.3 Å². The maximum Gasteiger partial charge on any atom is 0.138 e. The lowest BCUT2D eigenvalue weighted by Crippen LogP contribution is -2.51. The maximum absolute atomic E-state index is 10.9. The number of nitrogens with zero attached hydrogens (tertiary/aromatic N) is 2. The molecule has 30 heavy (non-hydrogen) atoms. The largest absolute Gasteiger partial charge is 0.379 e. The Morgan fingerprint density at radius 2 is 1.67 bits per heavy atom. The van der Waals surface area contributed by atoms with E-state index in [1.807, 2.05) is 24.3 Å². The van der Waals surface area contributed by atoms with Gasteiger partial charge < -0.3 is 20.1 Å². The van der Waals surface area contributed by atoms with Crippen LogP contribution < -0.4 is 5.32 Å². The Bertz CT molecular complexity index is 896. The van der Waals surface area contributed by atoms with Gasteiger partial charge in [0.15, 0.2) is 0 Å². The third-order valence-electron chi connectivity index (χ3n) is 5.59.